The molecule has 1 aliphatic heterocycles. The van der Waals surface area contributed by atoms with Gasteiger partial charge in [0, 0.05) is 24.7 Å². The second kappa shape index (κ2) is 6.69. The van der Waals surface area contributed by atoms with Gasteiger partial charge in [0.1, 0.15) is 0 Å². The lowest BCUT2D eigenvalue weighted by Gasteiger charge is -2.35. The Bertz CT molecular complexity index is 219. The van der Waals surface area contributed by atoms with Gasteiger partial charge in [-0.05, 0) is 53.9 Å². The molecule has 0 aliphatic carbocycles. The first kappa shape index (κ1) is 14.9. The van der Waals surface area contributed by atoms with Gasteiger partial charge >= 0.3 is 0 Å². The lowest BCUT2D eigenvalue weighted by molar-refractivity contribution is 0.121. The van der Waals surface area contributed by atoms with E-state index in [0.29, 0.717) is 6.04 Å². The molecule has 1 aliphatic rings. The van der Waals surface area contributed by atoms with Crippen LogP contribution in [0.3, 0.4) is 0 Å². The number of rotatable bonds is 5. The molecule has 0 saturated carbocycles. The lowest BCUT2D eigenvalue weighted by Crippen LogP contribution is -2.49. The largest absolute Gasteiger partial charge is 0.394 e. The van der Waals surface area contributed by atoms with Gasteiger partial charge < -0.3 is 15.3 Å². The van der Waals surface area contributed by atoms with Crippen LogP contribution in [0.5, 0.6) is 0 Å². The zero-order chi connectivity index (χ0) is 12.9. The minimum atomic E-state index is -0.155. The van der Waals surface area contributed by atoms with Gasteiger partial charge in [0.2, 0.25) is 0 Å². The summed E-state index contributed by atoms with van der Waals surface area (Å²) in [6.07, 6.45) is 2.24. The lowest BCUT2D eigenvalue weighted by atomic mass is 9.94. The number of aliphatic hydroxyl groups is 1. The monoisotopic (exact) mass is 243 g/mol. The number of nitrogens with zero attached hydrogens (tertiary/aromatic N) is 2. The van der Waals surface area contributed by atoms with Crippen LogP contribution in [-0.4, -0.2) is 73.4 Å². The van der Waals surface area contributed by atoms with Crippen molar-refractivity contribution >= 4 is 0 Å². The molecule has 0 aromatic carbocycles. The van der Waals surface area contributed by atoms with Crippen molar-refractivity contribution in [2.75, 3.05) is 46.9 Å². The van der Waals surface area contributed by atoms with E-state index in [4.69, 9.17) is 0 Å². The van der Waals surface area contributed by atoms with Crippen LogP contribution >= 0.6 is 0 Å². The van der Waals surface area contributed by atoms with Crippen molar-refractivity contribution in [2.24, 2.45) is 0 Å². The van der Waals surface area contributed by atoms with Gasteiger partial charge in [0.25, 0.3) is 0 Å². The number of aliphatic hydroxyl groups excluding tert-OH is 1. The highest BCUT2D eigenvalue weighted by molar-refractivity contribution is 4.86. The molecule has 2 unspecified atom stereocenters. The summed E-state index contributed by atoms with van der Waals surface area (Å²) in [5.41, 5.74) is -0.155. The van der Waals surface area contributed by atoms with Crippen LogP contribution in [0, 0.1) is 0 Å². The predicted octanol–water partition coefficient (Wildman–Crippen LogP) is 0.373. The van der Waals surface area contributed by atoms with Crippen molar-refractivity contribution in [2.45, 2.75) is 38.3 Å². The SMILES string of the molecule is CNC(C)(CO)CC(C)N1CCCN(C)CC1. The average Bonchev–Trinajstić information content (AvgIpc) is 2.54. The summed E-state index contributed by atoms with van der Waals surface area (Å²) in [7, 11) is 4.12. The van der Waals surface area contributed by atoms with Crippen molar-refractivity contribution in [1.82, 2.24) is 15.1 Å². The first-order valence-corrected chi connectivity index (χ1v) is 6.73. The zero-order valence-electron chi connectivity index (χ0n) is 11.9. The molecule has 17 heavy (non-hydrogen) atoms. The van der Waals surface area contributed by atoms with Crippen LogP contribution in [0.4, 0.5) is 0 Å². The van der Waals surface area contributed by atoms with Crippen LogP contribution in [0.25, 0.3) is 0 Å². The van der Waals surface area contributed by atoms with Gasteiger partial charge in [0.05, 0.1) is 6.61 Å². The van der Waals surface area contributed by atoms with E-state index in [-0.39, 0.29) is 12.1 Å². The Morgan fingerprint density at radius 2 is 2.00 bits per heavy atom. The Hall–Kier alpha value is -0.160. The van der Waals surface area contributed by atoms with Crippen LogP contribution in [0.2, 0.25) is 0 Å². The second-order valence-electron chi connectivity index (χ2n) is 5.71. The van der Waals surface area contributed by atoms with Gasteiger partial charge in [-0.25, -0.2) is 0 Å². The third-order valence-electron chi connectivity index (χ3n) is 4.08. The van der Waals surface area contributed by atoms with Crippen LogP contribution in [0.15, 0.2) is 0 Å². The summed E-state index contributed by atoms with van der Waals surface area (Å²) in [6, 6.07) is 0.520. The molecule has 2 atom stereocenters. The highest BCUT2D eigenvalue weighted by Gasteiger charge is 2.27. The fourth-order valence-corrected chi connectivity index (χ4v) is 2.53. The van der Waals surface area contributed by atoms with Crippen molar-refractivity contribution in [3.8, 4) is 0 Å². The molecular weight excluding hydrogens is 214 g/mol. The van der Waals surface area contributed by atoms with Gasteiger partial charge in [-0.2, -0.15) is 0 Å². The molecule has 102 valence electrons. The fourth-order valence-electron chi connectivity index (χ4n) is 2.53. The molecule has 0 aromatic rings. The molecule has 1 saturated heterocycles. The summed E-state index contributed by atoms with van der Waals surface area (Å²) in [5.74, 6) is 0. The van der Waals surface area contributed by atoms with Crippen molar-refractivity contribution in [3.05, 3.63) is 0 Å². The van der Waals surface area contributed by atoms with E-state index >= 15 is 0 Å². The first-order chi connectivity index (χ1) is 8.00. The average molecular weight is 243 g/mol. The quantitative estimate of drug-likeness (QED) is 0.732. The Balaban J connectivity index is 2.48. The van der Waals surface area contributed by atoms with E-state index in [9.17, 15) is 5.11 Å². The molecule has 4 nitrogen and oxygen atoms in total. The maximum Gasteiger partial charge on any atom is 0.0611 e. The van der Waals surface area contributed by atoms with E-state index in [1.807, 2.05) is 7.05 Å². The molecule has 0 bridgehead atoms. The molecule has 0 spiro atoms. The number of hydrogen-bond donors (Lipinski definition) is 2. The van der Waals surface area contributed by atoms with Gasteiger partial charge in [-0.15, -0.1) is 0 Å². The van der Waals surface area contributed by atoms with Gasteiger partial charge in [-0.3, -0.25) is 4.90 Å². The maximum atomic E-state index is 9.44. The molecule has 1 fully saturated rings. The van der Waals surface area contributed by atoms with Crippen LogP contribution < -0.4 is 5.32 Å². The number of nitrogens with one attached hydrogen (secondary N) is 1. The third-order valence-corrected chi connectivity index (χ3v) is 4.08. The van der Waals surface area contributed by atoms with E-state index in [2.05, 4.69) is 36.0 Å². The number of hydrogen-bond acceptors (Lipinski definition) is 4. The van der Waals surface area contributed by atoms with Crippen molar-refractivity contribution < 1.29 is 5.11 Å². The normalized spacial score (nSPS) is 25.2. The van der Waals surface area contributed by atoms with E-state index in [0.717, 1.165) is 19.5 Å². The summed E-state index contributed by atoms with van der Waals surface area (Å²) in [6.45, 7) is 9.23. The zero-order valence-corrected chi connectivity index (χ0v) is 11.9. The molecule has 0 amide bonds. The molecule has 2 N–H and O–H groups in total. The fraction of sp³-hybridized carbons (Fsp3) is 1.00. The summed E-state index contributed by atoms with van der Waals surface area (Å²) >= 11 is 0. The standard InChI is InChI=1S/C13H29N3O/c1-12(10-13(2,11-17)14-3)16-7-5-6-15(4)8-9-16/h12,14,17H,5-11H2,1-4H3. The maximum absolute atomic E-state index is 9.44. The highest BCUT2D eigenvalue weighted by atomic mass is 16.3. The van der Waals surface area contributed by atoms with E-state index in [1.165, 1.54) is 19.5 Å². The number of likely N-dealkylation sites (N-methyl/N-ethyl adjacent to an activating group) is 2. The highest BCUT2D eigenvalue weighted by Crippen LogP contribution is 2.17. The summed E-state index contributed by atoms with van der Waals surface area (Å²) < 4.78 is 0. The van der Waals surface area contributed by atoms with Crippen LogP contribution in [0.1, 0.15) is 26.7 Å². The Kier molecular flexibility index (Phi) is 5.86. The van der Waals surface area contributed by atoms with Gasteiger partial charge in [0.15, 0.2) is 0 Å². The van der Waals surface area contributed by atoms with Crippen LogP contribution in [-0.2, 0) is 0 Å². The topological polar surface area (TPSA) is 38.7 Å². The molecule has 1 heterocycles. The predicted molar refractivity (Wildman–Crippen MR) is 72.3 cm³/mol. The Morgan fingerprint density at radius 3 is 2.59 bits per heavy atom. The molecule has 4 heteroatoms. The van der Waals surface area contributed by atoms with E-state index < -0.39 is 0 Å². The first-order valence-electron chi connectivity index (χ1n) is 6.73. The molecular formula is C13H29N3O. The van der Waals surface area contributed by atoms with Gasteiger partial charge in [-0.1, -0.05) is 0 Å². The molecule has 1 rings (SSSR count). The Labute approximate surface area is 106 Å². The molecule has 0 aromatic heterocycles. The minimum absolute atomic E-state index is 0.155. The summed E-state index contributed by atoms with van der Waals surface area (Å²) in [4.78, 5) is 4.95. The smallest absolute Gasteiger partial charge is 0.0611 e. The molecule has 0 radical (unpaired) electrons. The Morgan fingerprint density at radius 1 is 1.29 bits per heavy atom. The second-order valence-corrected chi connectivity index (χ2v) is 5.71. The minimum Gasteiger partial charge on any atom is -0.394 e. The van der Waals surface area contributed by atoms with Crippen molar-refractivity contribution in [1.29, 1.82) is 0 Å². The summed E-state index contributed by atoms with van der Waals surface area (Å²) in [5, 5.41) is 12.7. The third kappa shape index (κ3) is 4.54. The van der Waals surface area contributed by atoms with Crippen molar-refractivity contribution in [3.63, 3.8) is 0 Å². The van der Waals surface area contributed by atoms with E-state index in [1.54, 1.807) is 0 Å².